The van der Waals surface area contributed by atoms with E-state index in [0.717, 1.165) is 5.56 Å². The van der Waals surface area contributed by atoms with Gasteiger partial charge in [0.15, 0.2) is 0 Å². The number of hydrogen-bond acceptors (Lipinski definition) is 3. The molecule has 1 aromatic rings. The van der Waals surface area contributed by atoms with E-state index in [2.05, 4.69) is 6.07 Å². The van der Waals surface area contributed by atoms with Gasteiger partial charge in [0.1, 0.15) is 0 Å². The van der Waals surface area contributed by atoms with Gasteiger partial charge in [-0.3, -0.25) is 4.79 Å². The van der Waals surface area contributed by atoms with Crippen molar-refractivity contribution in [2.24, 2.45) is 11.8 Å². The predicted octanol–water partition coefficient (Wildman–Crippen LogP) is 3.43. The van der Waals surface area contributed by atoms with Crippen LogP contribution in [0.15, 0.2) is 24.3 Å². The molecule has 1 aliphatic rings. The van der Waals surface area contributed by atoms with E-state index in [4.69, 9.17) is 4.74 Å². The van der Waals surface area contributed by atoms with Gasteiger partial charge >= 0.3 is 5.97 Å². The quantitative estimate of drug-likeness (QED) is 0.810. The van der Waals surface area contributed by atoms with Gasteiger partial charge in [0.25, 0.3) is 0 Å². The lowest BCUT2D eigenvalue weighted by Crippen LogP contribution is -2.29. The van der Waals surface area contributed by atoms with Gasteiger partial charge in [-0.05, 0) is 42.7 Å². The van der Waals surface area contributed by atoms with E-state index in [1.54, 1.807) is 6.92 Å². The molecule has 1 aliphatic carbocycles. The average Bonchev–Trinajstić information content (AvgIpc) is 3.23. The SMILES string of the molecule is CCOC(=O)C(C(C)C)C(O)c1ccccc1C1CC1. The van der Waals surface area contributed by atoms with Crippen LogP contribution in [-0.4, -0.2) is 17.7 Å². The van der Waals surface area contributed by atoms with Crippen molar-refractivity contribution in [2.75, 3.05) is 6.61 Å². The number of esters is 1. The second-order valence-electron chi connectivity index (χ2n) is 5.87. The maximum Gasteiger partial charge on any atom is 0.312 e. The molecule has 3 nitrogen and oxygen atoms in total. The Labute approximate surface area is 121 Å². The zero-order valence-corrected chi connectivity index (χ0v) is 12.5. The van der Waals surface area contributed by atoms with Crippen molar-refractivity contribution in [2.45, 2.75) is 45.6 Å². The van der Waals surface area contributed by atoms with Crippen molar-refractivity contribution in [3.05, 3.63) is 35.4 Å². The number of carbonyl (C=O) groups is 1. The summed E-state index contributed by atoms with van der Waals surface area (Å²) in [5.74, 6) is -0.220. The van der Waals surface area contributed by atoms with Crippen molar-refractivity contribution < 1.29 is 14.6 Å². The third kappa shape index (κ3) is 3.21. The van der Waals surface area contributed by atoms with E-state index in [1.165, 1.54) is 18.4 Å². The molecule has 1 N–H and O–H groups in total. The minimum atomic E-state index is -0.786. The Hall–Kier alpha value is -1.35. The molecule has 0 aliphatic heterocycles. The molecule has 0 bridgehead atoms. The van der Waals surface area contributed by atoms with E-state index in [0.29, 0.717) is 12.5 Å². The number of benzene rings is 1. The molecule has 2 unspecified atom stereocenters. The summed E-state index contributed by atoms with van der Waals surface area (Å²) in [6, 6.07) is 7.93. The van der Waals surface area contributed by atoms with E-state index < -0.39 is 12.0 Å². The summed E-state index contributed by atoms with van der Waals surface area (Å²) in [6.07, 6.45) is 1.57. The van der Waals surface area contributed by atoms with Gasteiger partial charge in [0, 0.05) is 0 Å². The molecule has 1 aromatic carbocycles. The van der Waals surface area contributed by atoms with Crippen LogP contribution >= 0.6 is 0 Å². The molecule has 0 amide bonds. The van der Waals surface area contributed by atoms with Crippen molar-refractivity contribution in [3.63, 3.8) is 0 Å². The second kappa shape index (κ2) is 6.40. The first-order chi connectivity index (χ1) is 9.56. The third-order valence-corrected chi connectivity index (χ3v) is 3.95. The van der Waals surface area contributed by atoms with Crippen molar-refractivity contribution in [1.82, 2.24) is 0 Å². The molecule has 3 heteroatoms. The van der Waals surface area contributed by atoms with Crippen LogP contribution in [0.1, 0.15) is 56.8 Å². The Morgan fingerprint density at radius 2 is 2.00 bits per heavy atom. The topological polar surface area (TPSA) is 46.5 Å². The summed E-state index contributed by atoms with van der Waals surface area (Å²) >= 11 is 0. The van der Waals surface area contributed by atoms with Crippen LogP contribution in [0.5, 0.6) is 0 Å². The molecule has 20 heavy (non-hydrogen) atoms. The fourth-order valence-electron chi connectivity index (χ4n) is 2.74. The van der Waals surface area contributed by atoms with Gasteiger partial charge in [0.2, 0.25) is 0 Å². The standard InChI is InChI=1S/C17H24O3/c1-4-20-17(19)15(11(2)3)16(18)14-8-6-5-7-13(14)12-9-10-12/h5-8,11-12,15-16,18H,4,9-10H2,1-3H3. The molecule has 0 saturated heterocycles. The van der Waals surface area contributed by atoms with Crippen LogP contribution in [0.4, 0.5) is 0 Å². The van der Waals surface area contributed by atoms with Crippen LogP contribution in [0, 0.1) is 11.8 Å². The number of rotatable bonds is 6. The Morgan fingerprint density at radius 1 is 1.35 bits per heavy atom. The van der Waals surface area contributed by atoms with E-state index in [9.17, 15) is 9.90 Å². The Kier molecular flexibility index (Phi) is 4.81. The molecule has 0 radical (unpaired) electrons. The minimum absolute atomic E-state index is 0.0382. The van der Waals surface area contributed by atoms with E-state index in [1.807, 2.05) is 32.0 Å². The Bertz CT molecular complexity index is 463. The molecule has 0 aromatic heterocycles. The highest BCUT2D eigenvalue weighted by molar-refractivity contribution is 5.73. The van der Waals surface area contributed by atoms with Crippen molar-refractivity contribution in [1.29, 1.82) is 0 Å². The number of hydrogen-bond donors (Lipinski definition) is 1. The molecule has 0 heterocycles. The third-order valence-electron chi connectivity index (χ3n) is 3.95. The lowest BCUT2D eigenvalue weighted by atomic mass is 9.84. The van der Waals surface area contributed by atoms with Gasteiger partial charge in [0.05, 0.1) is 18.6 Å². The summed E-state index contributed by atoms with van der Waals surface area (Å²) in [5, 5.41) is 10.7. The van der Waals surface area contributed by atoms with E-state index in [-0.39, 0.29) is 11.9 Å². The zero-order chi connectivity index (χ0) is 14.7. The summed E-state index contributed by atoms with van der Waals surface area (Å²) in [4.78, 5) is 12.1. The Balaban J connectivity index is 2.27. The summed E-state index contributed by atoms with van der Waals surface area (Å²) in [5.41, 5.74) is 2.08. The maximum atomic E-state index is 12.1. The second-order valence-corrected chi connectivity index (χ2v) is 5.87. The van der Waals surface area contributed by atoms with Crippen molar-refractivity contribution in [3.8, 4) is 0 Å². The number of ether oxygens (including phenoxy) is 1. The zero-order valence-electron chi connectivity index (χ0n) is 12.5. The van der Waals surface area contributed by atoms with Crippen LogP contribution in [0.25, 0.3) is 0 Å². The summed E-state index contributed by atoms with van der Waals surface area (Å²) < 4.78 is 5.12. The van der Waals surface area contributed by atoms with Gasteiger partial charge in [-0.1, -0.05) is 38.1 Å². The highest BCUT2D eigenvalue weighted by atomic mass is 16.5. The normalized spacial score (nSPS) is 17.9. The minimum Gasteiger partial charge on any atom is -0.466 e. The van der Waals surface area contributed by atoms with Crippen LogP contribution in [0.2, 0.25) is 0 Å². The number of carbonyl (C=O) groups excluding carboxylic acids is 1. The largest absolute Gasteiger partial charge is 0.466 e. The fraction of sp³-hybridized carbons (Fsp3) is 0.588. The molecule has 1 saturated carbocycles. The van der Waals surface area contributed by atoms with Crippen LogP contribution < -0.4 is 0 Å². The molecular weight excluding hydrogens is 252 g/mol. The van der Waals surface area contributed by atoms with Gasteiger partial charge in [-0.25, -0.2) is 0 Å². The van der Waals surface area contributed by atoms with Gasteiger partial charge in [-0.15, -0.1) is 0 Å². The molecule has 2 rings (SSSR count). The van der Waals surface area contributed by atoms with Crippen LogP contribution in [0.3, 0.4) is 0 Å². The summed E-state index contributed by atoms with van der Waals surface area (Å²) in [6.45, 7) is 6.04. The molecular formula is C17H24O3. The number of aliphatic hydroxyl groups excluding tert-OH is 1. The first kappa shape index (κ1) is 15.0. The van der Waals surface area contributed by atoms with Crippen LogP contribution in [-0.2, 0) is 9.53 Å². The highest BCUT2D eigenvalue weighted by Gasteiger charge is 2.35. The lowest BCUT2D eigenvalue weighted by molar-refractivity contribution is -0.154. The molecule has 0 spiro atoms. The molecule has 110 valence electrons. The summed E-state index contributed by atoms with van der Waals surface area (Å²) in [7, 11) is 0. The predicted molar refractivity (Wildman–Crippen MR) is 78.3 cm³/mol. The van der Waals surface area contributed by atoms with E-state index >= 15 is 0 Å². The highest BCUT2D eigenvalue weighted by Crippen LogP contribution is 2.44. The Morgan fingerprint density at radius 3 is 2.55 bits per heavy atom. The molecule has 1 fully saturated rings. The lowest BCUT2D eigenvalue weighted by Gasteiger charge is -2.26. The van der Waals surface area contributed by atoms with Gasteiger partial charge in [-0.2, -0.15) is 0 Å². The first-order valence-corrected chi connectivity index (χ1v) is 7.49. The van der Waals surface area contributed by atoms with Gasteiger partial charge < -0.3 is 9.84 Å². The van der Waals surface area contributed by atoms with Crippen molar-refractivity contribution >= 4 is 5.97 Å². The average molecular weight is 276 g/mol. The number of aliphatic hydroxyl groups is 1. The monoisotopic (exact) mass is 276 g/mol. The smallest absolute Gasteiger partial charge is 0.312 e. The maximum absolute atomic E-state index is 12.1. The fourth-order valence-corrected chi connectivity index (χ4v) is 2.74. The molecule has 2 atom stereocenters. The first-order valence-electron chi connectivity index (χ1n) is 7.49.